The van der Waals surface area contributed by atoms with E-state index in [1.165, 1.54) is 6.07 Å². The van der Waals surface area contributed by atoms with Crippen LogP contribution in [0.15, 0.2) is 72.8 Å². The molecule has 0 fully saturated rings. The first-order valence-electron chi connectivity index (χ1n) is 8.59. The van der Waals surface area contributed by atoms with E-state index in [0.717, 1.165) is 0 Å². The summed E-state index contributed by atoms with van der Waals surface area (Å²) in [7, 11) is 0. The number of ether oxygens (including phenoxy) is 2. The first kappa shape index (κ1) is 18.5. The summed E-state index contributed by atoms with van der Waals surface area (Å²) in [6.07, 6.45) is 0.502. The molecule has 3 aromatic carbocycles. The summed E-state index contributed by atoms with van der Waals surface area (Å²) < 4.78 is 25.5. The van der Waals surface area contributed by atoms with Gasteiger partial charge in [0.2, 0.25) is 0 Å². The number of hydrogen-bond acceptors (Lipinski definition) is 3. The first-order valence-corrected chi connectivity index (χ1v) is 8.59. The summed E-state index contributed by atoms with van der Waals surface area (Å²) in [5.74, 6) is 0.653. The lowest BCUT2D eigenvalue weighted by Gasteiger charge is -2.10. The fraction of sp³-hybridized carbons (Fsp3) is 0.136. The molecule has 1 N–H and O–H groups in total. The van der Waals surface area contributed by atoms with Crippen LogP contribution in [0.4, 0.5) is 4.39 Å². The summed E-state index contributed by atoms with van der Waals surface area (Å²) in [4.78, 5) is 10.5. The van der Waals surface area contributed by atoms with Crippen molar-refractivity contribution in [1.82, 2.24) is 0 Å². The summed E-state index contributed by atoms with van der Waals surface area (Å²) in [6, 6.07) is 20.9. The van der Waals surface area contributed by atoms with Gasteiger partial charge in [-0.1, -0.05) is 30.3 Å². The largest absolute Gasteiger partial charge is 0.494 e. The van der Waals surface area contributed by atoms with Crippen LogP contribution in [0.5, 0.6) is 17.2 Å². The third kappa shape index (κ3) is 5.31. The topological polar surface area (TPSA) is 55.8 Å². The number of aliphatic carboxylic acids is 1. The molecule has 0 bridgehead atoms. The van der Waals surface area contributed by atoms with Gasteiger partial charge in [0.25, 0.3) is 0 Å². The number of hydrogen-bond donors (Lipinski definition) is 1. The number of carboxylic acid groups (broad SMARTS) is 1. The molecule has 27 heavy (non-hydrogen) atoms. The van der Waals surface area contributed by atoms with E-state index in [-0.39, 0.29) is 12.2 Å². The van der Waals surface area contributed by atoms with E-state index < -0.39 is 5.97 Å². The average molecular weight is 366 g/mol. The maximum Gasteiger partial charge on any atom is 0.303 e. The van der Waals surface area contributed by atoms with E-state index in [0.29, 0.717) is 41.4 Å². The Kier molecular flexibility index (Phi) is 6.05. The lowest BCUT2D eigenvalue weighted by Crippen LogP contribution is -2.01. The molecule has 0 aliphatic heterocycles. The minimum absolute atomic E-state index is 0.0670. The molecule has 0 aliphatic carbocycles. The van der Waals surface area contributed by atoms with E-state index in [4.69, 9.17) is 14.6 Å². The number of carboxylic acids is 1. The lowest BCUT2D eigenvalue weighted by atomic mass is 10.0. The van der Waals surface area contributed by atoms with Crippen molar-refractivity contribution < 1.29 is 23.8 Å². The smallest absolute Gasteiger partial charge is 0.303 e. The molecule has 0 aromatic heterocycles. The predicted octanol–water partition coefficient (Wildman–Crippen LogP) is 5.53. The SMILES string of the molecule is O=C(O)CCCOc1ccc(-c2cc(Oc3ccccc3)ccc2F)cc1. The highest BCUT2D eigenvalue weighted by molar-refractivity contribution is 5.67. The molecule has 0 radical (unpaired) electrons. The normalized spacial score (nSPS) is 10.4. The number of benzene rings is 3. The Hall–Kier alpha value is -3.34. The number of rotatable bonds is 8. The second kappa shape index (κ2) is 8.85. The highest BCUT2D eigenvalue weighted by Gasteiger charge is 2.08. The zero-order valence-electron chi connectivity index (χ0n) is 14.6. The van der Waals surface area contributed by atoms with Crippen molar-refractivity contribution in [1.29, 1.82) is 0 Å². The summed E-state index contributed by atoms with van der Waals surface area (Å²) >= 11 is 0. The van der Waals surface area contributed by atoms with E-state index in [1.807, 2.05) is 30.3 Å². The van der Waals surface area contributed by atoms with Crippen molar-refractivity contribution >= 4 is 5.97 Å². The highest BCUT2D eigenvalue weighted by atomic mass is 19.1. The fourth-order valence-corrected chi connectivity index (χ4v) is 2.56. The Morgan fingerprint density at radius 3 is 2.30 bits per heavy atom. The van der Waals surface area contributed by atoms with E-state index in [9.17, 15) is 9.18 Å². The fourth-order valence-electron chi connectivity index (χ4n) is 2.56. The van der Waals surface area contributed by atoms with Crippen molar-refractivity contribution in [2.24, 2.45) is 0 Å². The van der Waals surface area contributed by atoms with Gasteiger partial charge in [-0.2, -0.15) is 0 Å². The van der Waals surface area contributed by atoms with Crippen molar-refractivity contribution in [3.05, 3.63) is 78.6 Å². The van der Waals surface area contributed by atoms with Gasteiger partial charge in [-0.25, -0.2) is 4.39 Å². The maximum absolute atomic E-state index is 14.3. The quantitative estimate of drug-likeness (QED) is 0.533. The molecule has 3 aromatic rings. The lowest BCUT2D eigenvalue weighted by molar-refractivity contribution is -0.137. The Morgan fingerprint density at radius 2 is 1.59 bits per heavy atom. The number of carbonyl (C=O) groups is 1. The Labute approximate surface area is 156 Å². The van der Waals surface area contributed by atoms with Crippen LogP contribution in [-0.4, -0.2) is 17.7 Å². The van der Waals surface area contributed by atoms with Crippen LogP contribution in [0.25, 0.3) is 11.1 Å². The van der Waals surface area contributed by atoms with Gasteiger partial charge >= 0.3 is 5.97 Å². The van der Waals surface area contributed by atoms with Gasteiger partial charge in [0, 0.05) is 12.0 Å². The van der Waals surface area contributed by atoms with Crippen LogP contribution in [0.1, 0.15) is 12.8 Å². The third-order valence-electron chi connectivity index (χ3n) is 3.89. The van der Waals surface area contributed by atoms with Crippen LogP contribution in [0.3, 0.4) is 0 Å². The number of halogens is 1. The van der Waals surface area contributed by atoms with Gasteiger partial charge in [0.1, 0.15) is 23.1 Å². The molecule has 0 spiro atoms. The third-order valence-corrected chi connectivity index (χ3v) is 3.89. The van der Waals surface area contributed by atoms with Crippen molar-refractivity contribution in [3.8, 4) is 28.4 Å². The molecule has 0 unspecified atom stereocenters. The van der Waals surface area contributed by atoms with Gasteiger partial charge < -0.3 is 14.6 Å². The van der Waals surface area contributed by atoms with Crippen molar-refractivity contribution in [2.75, 3.05) is 6.61 Å². The summed E-state index contributed by atoms with van der Waals surface area (Å²) in [6.45, 7) is 0.320. The van der Waals surface area contributed by atoms with Crippen LogP contribution in [-0.2, 0) is 4.79 Å². The highest BCUT2D eigenvalue weighted by Crippen LogP contribution is 2.30. The summed E-state index contributed by atoms with van der Waals surface area (Å²) in [5, 5.41) is 8.61. The molecule has 0 heterocycles. The molecular weight excluding hydrogens is 347 g/mol. The molecule has 0 aliphatic rings. The Morgan fingerprint density at radius 1 is 0.889 bits per heavy atom. The van der Waals surface area contributed by atoms with E-state index in [1.54, 1.807) is 36.4 Å². The van der Waals surface area contributed by atoms with Crippen molar-refractivity contribution in [3.63, 3.8) is 0 Å². The zero-order valence-corrected chi connectivity index (χ0v) is 14.6. The monoisotopic (exact) mass is 366 g/mol. The van der Waals surface area contributed by atoms with Crippen molar-refractivity contribution in [2.45, 2.75) is 12.8 Å². The number of para-hydroxylation sites is 1. The van der Waals surface area contributed by atoms with Gasteiger partial charge in [-0.3, -0.25) is 4.79 Å². The van der Waals surface area contributed by atoms with Crippen LogP contribution >= 0.6 is 0 Å². The second-order valence-corrected chi connectivity index (χ2v) is 5.93. The first-order chi connectivity index (χ1) is 13.1. The molecule has 5 heteroatoms. The van der Waals surface area contributed by atoms with Gasteiger partial charge in [-0.15, -0.1) is 0 Å². The molecule has 0 saturated heterocycles. The molecule has 3 rings (SSSR count). The Balaban J connectivity index is 1.70. The molecule has 4 nitrogen and oxygen atoms in total. The minimum Gasteiger partial charge on any atom is -0.494 e. The standard InChI is InChI=1S/C22H19FO4/c23-21-13-12-19(27-18-5-2-1-3-6-18)15-20(21)16-8-10-17(11-9-16)26-14-4-7-22(24)25/h1-3,5-6,8-13,15H,4,7,14H2,(H,24,25). The Bertz CT molecular complexity index is 892. The van der Waals surface area contributed by atoms with E-state index >= 15 is 0 Å². The molecular formula is C22H19FO4. The van der Waals surface area contributed by atoms with Crippen LogP contribution in [0, 0.1) is 5.82 Å². The van der Waals surface area contributed by atoms with Crippen LogP contribution < -0.4 is 9.47 Å². The maximum atomic E-state index is 14.3. The molecule has 0 atom stereocenters. The molecule has 0 amide bonds. The summed E-state index contributed by atoms with van der Waals surface area (Å²) in [5.41, 5.74) is 1.13. The van der Waals surface area contributed by atoms with Crippen LogP contribution in [0.2, 0.25) is 0 Å². The zero-order chi connectivity index (χ0) is 19.1. The predicted molar refractivity (Wildman–Crippen MR) is 101 cm³/mol. The second-order valence-electron chi connectivity index (χ2n) is 5.93. The molecule has 138 valence electrons. The minimum atomic E-state index is -0.845. The average Bonchev–Trinajstić information content (AvgIpc) is 2.68. The molecule has 0 saturated carbocycles. The van der Waals surface area contributed by atoms with Gasteiger partial charge in [0.15, 0.2) is 0 Å². The van der Waals surface area contributed by atoms with Gasteiger partial charge in [0.05, 0.1) is 6.61 Å². The van der Waals surface area contributed by atoms with E-state index in [2.05, 4.69) is 0 Å². The van der Waals surface area contributed by atoms with Gasteiger partial charge in [-0.05, 0) is 54.4 Å².